The molecule has 0 saturated heterocycles. The van der Waals surface area contributed by atoms with Crippen LogP contribution in [0.1, 0.15) is 50.7 Å². The van der Waals surface area contributed by atoms with Gasteiger partial charge in [0.1, 0.15) is 5.82 Å². The van der Waals surface area contributed by atoms with Gasteiger partial charge in [0.05, 0.1) is 5.02 Å². The maximum atomic E-state index is 14.4. The van der Waals surface area contributed by atoms with E-state index >= 15 is 0 Å². The maximum absolute atomic E-state index is 14.4. The van der Waals surface area contributed by atoms with E-state index in [1.54, 1.807) is 6.07 Å². The van der Waals surface area contributed by atoms with E-state index in [0.29, 0.717) is 22.4 Å². The van der Waals surface area contributed by atoms with Crippen molar-refractivity contribution in [3.05, 3.63) is 58.4 Å². The van der Waals surface area contributed by atoms with E-state index in [1.165, 1.54) is 0 Å². The summed E-state index contributed by atoms with van der Waals surface area (Å²) in [5.41, 5.74) is 3.39. The molecule has 0 atom stereocenters. The van der Waals surface area contributed by atoms with Gasteiger partial charge in [0.2, 0.25) is 0 Å². The number of rotatable bonds is 3. The summed E-state index contributed by atoms with van der Waals surface area (Å²) >= 11 is 6.45. The van der Waals surface area contributed by atoms with Crippen LogP contribution in [0.5, 0.6) is 0 Å². The lowest BCUT2D eigenvalue weighted by atomic mass is 9.94. The smallest absolute Gasteiger partial charge is 0.131 e. The molecule has 0 nitrogen and oxygen atoms in total. The molecule has 0 heterocycles. The highest BCUT2D eigenvalue weighted by atomic mass is 35.5. The summed E-state index contributed by atoms with van der Waals surface area (Å²) < 4.78 is 14.4. The molecule has 2 heteroatoms. The second-order valence-corrected chi connectivity index (χ2v) is 6.14. The summed E-state index contributed by atoms with van der Waals surface area (Å²) in [4.78, 5) is 0. The molecule has 2 aromatic carbocycles. The molecular weight excluding hydrogens is 271 g/mol. The monoisotopic (exact) mass is 290 g/mol. The van der Waals surface area contributed by atoms with E-state index < -0.39 is 0 Å². The van der Waals surface area contributed by atoms with Crippen molar-refractivity contribution in [2.75, 3.05) is 0 Å². The Kier molecular flexibility index (Phi) is 4.49. The minimum absolute atomic E-state index is 0.209. The zero-order valence-corrected chi connectivity index (χ0v) is 13.1. The zero-order valence-electron chi connectivity index (χ0n) is 12.4. The van der Waals surface area contributed by atoms with Crippen LogP contribution in [0.15, 0.2) is 36.4 Å². The van der Waals surface area contributed by atoms with E-state index in [-0.39, 0.29) is 5.82 Å². The molecule has 0 saturated carbocycles. The number of benzene rings is 2. The molecule has 2 aromatic rings. The van der Waals surface area contributed by atoms with Gasteiger partial charge < -0.3 is 0 Å². The molecule has 0 fully saturated rings. The third-order valence-electron chi connectivity index (χ3n) is 3.60. The lowest BCUT2D eigenvalue weighted by Gasteiger charge is -2.14. The van der Waals surface area contributed by atoms with Crippen molar-refractivity contribution in [1.82, 2.24) is 0 Å². The number of hydrogen-bond donors (Lipinski definition) is 0. The van der Waals surface area contributed by atoms with Crippen molar-refractivity contribution < 1.29 is 4.39 Å². The Morgan fingerprint density at radius 2 is 1.60 bits per heavy atom. The van der Waals surface area contributed by atoms with E-state index in [0.717, 1.165) is 16.7 Å². The number of halogens is 2. The molecule has 0 aromatic heterocycles. The van der Waals surface area contributed by atoms with Gasteiger partial charge in [0.25, 0.3) is 0 Å². The first-order chi connectivity index (χ1) is 9.41. The van der Waals surface area contributed by atoms with Gasteiger partial charge >= 0.3 is 0 Å². The van der Waals surface area contributed by atoms with Crippen LogP contribution < -0.4 is 0 Å². The Morgan fingerprint density at radius 3 is 2.15 bits per heavy atom. The second-order valence-electron chi connectivity index (χ2n) is 5.76. The molecule has 0 bridgehead atoms. The lowest BCUT2D eigenvalue weighted by molar-refractivity contribution is 0.627. The fourth-order valence-corrected chi connectivity index (χ4v) is 2.76. The lowest BCUT2D eigenvalue weighted by Crippen LogP contribution is -1.95. The Hall–Kier alpha value is -1.34. The topological polar surface area (TPSA) is 0 Å². The third kappa shape index (κ3) is 2.88. The van der Waals surface area contributed by atoms with Crippen molar-refractivity contribution in [3.8, 4) is 11.1 Å². The predicted molar refractivity (Wildman–Crippen MR) is 85.0 cm³/mol. The minimum Gasteiger partial charge on any atom is -0.206 e. The van der Waals surface area contributed by atoms with E-state index in [1.807, 2.05) is 30.3 Å². The normalized spacial score (nSPS) is 11.4. The van der Waals surface area contributed by atoms with Crippen molar-refractivity contribution in [2.24, 2.45) is 0 Å². The predicted octanol–water partition coefficient (Wildman–Crippen LogP) is 6.39. The van der Waals surface area contributed by atoms with Crippen LogP contribution in [0.3, 0.4) is 0 Å². The van der Waals surface area contributed by atoms with Crippen molar-refractivity contribution in [2.45, 2.75) is 39.5 Å². The van der Waals surface area contributed by atoms with Gasteiger partial charge in [-0.1, -0.05) is 69.6 Å². The first-order valence-electron chi connectivity index (χ1n) is 7.00. The first kappa shape index (κ1) is 15.1. The Morgan fingerprint density at radius 1 is 0.900 bits per heavy atom. The fraction of sp³-hybridized carbons (Fsp3) is 0.333. The Balaban J connectivity index is 2.55. The SMILES string of the molecule is CC(C)c1ccc(-c2cccc(C(C)C)c2Cl)c(F)c1. The van der Waals surface area contributed by atoms with Gasteiger partial charge in [-0.15, -0.1) is 0 Å². The average molecular weight is 291 g/mol. The van der Waals surface area contributed by atoms with Crippen molar-refractivity contribution in [3.63, 3.8) is 0 Å². The highest BCUT2D eigenvalue weighted by Crippen LogP contribution is 2.36. The molecule has 0 aliphatic rings. The van der Waals surface area contributed by atoms with E-state index in [4.69, 9.17) is 11.6 Å². The van der Waals surface area contributed by atoms with Crippen LogP contribution in [-0.4, -0.2) is 0 Å². The van der Waals surface area contributed by atoms with Crippen molar-refractivity contribution >= 4 is 11.6 Å². The summed E-state index contributed by atoms with van der Waals surface area (Å²) in [5, 5.41) is 0.652. The molecule has 106 valence electrons. The average Bonchev–Trinajstić information content (AvgIpc) is 2.39. The third-order valence-corrected chi connectivity index (χ3v) is 4.02. The molecule has 0 spiro atoms. The summed E-state index contributed by atoms with van der Waals surface area (Å²) in [6, 6.07) is 11.2. The molecule has 0 aliphatic carbocycles. The summed E-state index contributed by atoms with van der Waals surface area (Å²) in [5.74, 6) is 0.426. The van der Waals surface area contributed by atoms with Gasteiger partial charge in [-0.05, 0) is 29.0 Å². The molecule has 2 rings (SSSR count). The van der Waals surface area contributed by atoms with Crippen LogP contribution >= 0.6 is 11.6 Å². The Labute approximate surface area is 125 Å². The summed E-state index contributed by atoms with van der Waals surface area (Å²) in [6.45, 7) is 8.29. The summed E-state index contributed by atoms with van der Waals surface area (Å²) in [7, 11) is 0. The molecule has 0 amide bonds. The second kappa shape index (κ2) is 5.97. The van der Waals surface area contributed by atoms with Gasteiger partial charge in [-0.25, -0.2) is 4.39 Å². The molecule has 20 heavy (non-hydrogen) atoms. The van der Waals surface area contributed by atoms with Crippen molar-refractivity contribution in [1.29, 1.82) is 0 Å². The highest BCUT2D eigenvalue weighted by molar-refractivity contribution is 6.34. The van der Waals surface area contributed by atoms with Crippen LogP contribution in [0.25, 0.3) is 11.1 Å². The van der Waals surface area contributed by atoms with Gasteiger partial charge in [0, 0.05) is 11.1 Å². The van der Waals surface area contributed by atoms with Gasteiger partial charge in [-0.3, -0.25) is 0 Å². The Bertz CT molecular complexity index is 615. The maximum Gasteiger partial charge on any atom is 0.131 e. The molecule has 0 N–H and O–H groups in total. The van der Waals surface area contributed by atoms with Crippen LogP contribution in [0.2, 0.25) is 5.02 Å². The molecule has 0 unspecified atom stereocenters. The molecular formula is C18H20ClF. The van der Waals surface area contributed by atoms with Crippen LogP contribution in [0.4, 0.5) is 4.39 Å². The van der Waals surface area contributed by atoms with Gasteiger partial charge in [-0.2, -0.15) is 0 Å². The molecule has 0 aliphatic heterocycles. The zero-order chi connectivity index (χ0) is 14.9. The van der Waals surface area contributed by atoms with Crippen LogP contribution in [0, 0.1) is 5.82 Å². The first-order valence-corrected chi connectivity index (χ1v) is 7.37. The van der Waals surface area contributed by atoms with E-state index in [9.17, 15) is 4.39 Å². The number of hydrogen-bond acceptors (Lipinski definition) is 0. The summed E-state index contributed by atoms with van der Waals surface area (Å²) in [6.07, 6.45) is 0. The quantitative estimate of drug-likeness (QED) is 0.614. The molecule has 0 radical (unpaired) electrons. The van der Waals surface area contributed by atoms with Gasteiger partial charge in [0.15, 0.2) is 0 Å². The highest BCUT2D eigenvalue weighted by Gasteiger charge is 2.14. The minimum atomic E-state index is -0.209. The largest absolute Gasteiger partial charge is 0.206 e. The van der Waals surface area contributed by atoms with Crippen LogP contribution in [-0.2, 0) is 0 Å². The standard InChI is InChI=1S/C18H20ClF/c1-11(2)13-8-9-15(17(20)10-13)16-7-5-6-14(12(3)4)18(16)19/h5-12H,1-4H3. The fourth-order valence-electron chi connectivity index (χ4n) is 2.31. The van der Waals surface area contributed by atoms with E-state index in [2.05, 4.69) is 27.7 Å².